The van der Waals surface area contributed by atoms with E-state index in [-0.39, 0.29) is 12.7 Å². The summed E-state index contributed by atoms with van der Waals surface area (Å²) in [5, 5.41) is 0. The Morgan fingerprint density at radius 1 is 1.37 bits per heavy atom. The maximum Gasteiger partial charge on any atom is 0.338 e. The molecule has 1 aliphatic rings. The zero-order valence-electron chi connectivity index (χ0n) is 10.5. The number of hydrogen-bond acceptors (Lipinski definition) is 5. The van der Waals surface area contributed by atoms with Gasteiger partial charge in [-0.15, -0.1) is 0 Å². The molecule has 0 radical (unpaired) electrons. The highest BCUT2D eigenvalue weighted by atomic mass is 16.6. The van der Waals surface area contributed by atoms with Crippen LogP contribution in [0.4, 0.5) is 0 Å². The zero-order valence-corrected chi connectivity index (χ0v) is 10.5. The summed E-state index contributed by atoms with van der Waals surface area (Å²) in [5.41, 5.74) is 0.712. The minimum atomic E-state index is -0.499. The van der Waals surface area contributed by atoms with Crippen molar-refractivity contribution in [3.05, 3.63) is 42.0 Å². The van der Waals surface area contributed by atoms with Gasteiger partial charge in [-0.05, 0) is 31.2 Å². The molecule has 1 aliphatic heterocycles. The fourth-order valence-electron chi connectivity index (χ4n) is 1.27. The standard InChI is InChI=1S/C14H14O5/c1-9(2)13(15)19-11-5-3-10(4-6-11)14(16)18-8-12-7-17-12/h3-6,12H,1,7-8H2,2H3. The SMILES string of the molecule is C=C(C)C(=O)Oc1ccc(C(=O)OCC2CO2)cc1. The predicted molar refractivity (Wildman–Crippen MR) is 66.9 cm³/mol. The van der Waals surface area contributed by atoms with Crippen molar-refractivity contribution in [1.82, 2.24) is 0 Å². The highest BCUT2D eigenvalue weighted by Gasteiger charge is 2.24. The van der Waals surface area contributed by atoms with Crippen LogP contribution < -0.4 is 4.74 Å². The van der Waals surface area contributed by atoms with Crippen LogP contribution in [0.15, 0.2) is 36.4 Å². The molecule has 100 valence electrons. The Hall–Kier alpha value is -2.14. The molecule has 0 N–H and O–H groups in total. The Morgan fingerprint density at radius 3 is 2.53 bits per heavy atom. The molecule has 0 aromatic heterocycles. The zero-order chi connectivity index (χ0) is 13.8. The van der Waals surface area contributed by atoms with Gasteiger partial charge in [0, 0.05) is 5.57 Å². The monoisotopic (exact) mass is 262 g/mol. The summed E-state index contributed by atoms with van der Waals surface area (Å²) in [6, 6.07) is 6.14. The van der Waals surface area contributed by atoms with Crippen molar-refractivity contribution in [3.8, 4) is 5.75 Å². The third-order valence-corrected chi connectivity index (χ3v) is 2.45. The molecule has 5 heteroatoms. The van der Waals surface area contributed by atoms with E-state index >= 15 is 0 Å². The summed E-state index contributed by atoms with van der Waals surface area (Å²) in [5.74, 6) is -0.565. The lowest BCUT2D eigenvalue weighted by atomic mass is 10.2. The molecule has 0 amide bonds. The first-order chi connectivity index (χ1) is 9.06. The minimum absolute atomic E-state index is 0.0414. The van der Waals surface area contributed by atoms with E-state index in [0.29, 0.717) is 23.5 Å². The molecule has 19 heavy (non-hydrogen) atoms. The van der Waals surface area contributed by atoms with Gasteiger partial charge in [-0.3, -0.25) is 0 Å². The molecular formula is C14H14O5. The van der Waals surface area contributed by atoms with Crippen molar-refractivity contribution in [2.75, 3.05) is 13.2 Å². The molecule has 1 aromatic carbocycles. The van der Waals surface area contributed by atoms with E-state index in [1.54, 1.807) is 6.92 Å². The van der Waals surface area contributed by atoms with Crippen molar-refractivity contribution in [2.24, 2.45) is 0 Å². The molecular weight excluding hydrogens is 248 g/mol. The van der Waals surface area contributed by atoms with Gasteiger partial charge in [0.2, 0.25) is 0 Å². The number of carbonyl (C=O) groups excluding carboxylic acids is 2. The lowest BCUT2D eigenvalue weighted by molar-refractivity contribution is -0.130. The highest BCUT2D eigenvalue weighted by Crippen LogP contribution is 2.15. The van der Waals surface area contributed by atoms with Crippen LogP contribution in [0, 0.1) is 0 Å². The van der Waals surface area contributed by atoms with Crippen LogP contribution in [0.5, 0.6) is 5.75 Å². The second-order valence-electron chi connectivity index (χ2n) is 4.25. The second-order valence-corrected chi connectivity index (χ2v) is 4.25. The number of carbonyl (C=O) groups is 2. The van der Waals surface area contributed by atoms with Gasteiger partial charge in [0.1, 0.15) is 18.5 Å². The van der Waals surface area contributed by atoms with Crippen LogP contribution in [0.2, 0.25) is 0 Å². The summed E-state index contributed by atoms with van der Waals surface area (Å²) in [6.45, 7) is 5.96. The van der Waals surface area contributed by atoms with Crippen LogP contribution in [0.1, 0.15) is 17.3 Å². The average Bonchev–Trinajstić information content (AvgIpc) is 3.20. The topological polar surface area (TPSA) is 65.1 Å². The molecule has 1 fully saturated rings. The Labute approximate surface area is 110 Å². The lowest BCUT2D eigenvalue weighted by Gasteiger charge is -2.05. The average molecular weight is 262 g/mol. The third-order valence-electron chi connectivity index (χ3n) is 2.45. The number of epoxide rings is 1. The first-order valence-corrected chi connectivity index (χ1v) is 5.83. The Bertz CT molecular complexity index is 499. The van der Waals surface area contributed by atoms with Gasteiger partial charge in [0.15, 0.2) is 0 Å². The Kier molecular flexibility index (Phi) is 3.97. The number of benzene rings is 1. The summed E-state index contributed by atoms with van der Waals surface area (Å²) in [4.78, 5) is 22.9. The molecule has 1 saturated heterocycles. The molecule has 1 atom stereocenters. The molecule has 1 aromatic rings. The van der Waals surface area contributed by atoms with E-state index < -0.39 is 11.9 Å². The quantitative estimate of drug-likeness (QED) is 0.350. The summed E-state index contributed by atoms with van der Waals surface area (Å²) < 4.78 is 15.0. The lowest BCUT2D eigenvalue weighted by Crippen LogP contribution is -2.11. The molecule has 1 heterocycles. The fourth-order valence-corrected chi connectivity index (χ4v) is 1.27. The normalized spacial score (nSPS) is 16.6. The van der Waals surface area contributed by atoms with E-state index in [4.69, 9.17) is 14.2 Å². The van der Waals surface area contributed by atoms with Crippen LogP contribution in [0.3, 0.4) is 0 Å². The van der Waals surface area contributed by atoms with E-state index in [2.05, 4.69) is 6.58 Å². The minimum Gasteiger partial charge on any atom is -0.459 e. The van der Waals surface area contributed by atoms with Crippen molar-refractivity contribution < 1.29 is 23.8 Å². The second kappa shape index (κ2) is 5.67. The molecule has 0 spiro atoms. The smallest absolute Gasteiger partial charge is 0.338 e. The third kappa shape index (κ3) is 3.93. The molecule has 1 unspecified atom stereocenters. The van der Waals surface area contributed by atoms with Crippen molar-refractivity contribution in [1.29, 1.82) is 0 Å². The van der Waals surface area contributed by atoms with Crippen LogP contribution in [0.25, 0.3) is 0 Å². The van der Waals surface area contributed by atoms with E-state index in [0.717, 1.165) is 0 Å². The van der Waals surface area contributed by atoms with Gasteiger partial charge in [0.25, 0.3) is 0 Å². The van der Waals surface area contributed by atoms with Crippen LogP contribution in [-0.4, -0.2) is 31.3 Å². The van der Waals surface area contributed by atoms with Gasteiger partial charge >= 0.3 is 11.9 Å². The first-order valence-electron chi connectivity index (χ1n) is 5.83. The molecule has 5 nitrogen and oxygen atoms in total. The molecule has 0 bridgehead atoms. The van der Waals surface area contributed by atoms with Gasteiger partial charge < -0.3 is 14.2 Å². The van der Waals surface area contributed by atoms with Crippen LogP contribution in [-0.2, 0) is 14.3 Å². The Morgan fingerprint density at radius 2 is 2.00 bits per heavy atom. The summed E-state index contributed by atoms with van der Waals surface area (Å²) in [6.07, 6.45) is 0.0414. The maximum absolute atomic E-state index is 11.6. The van der Waals surface area contributed by atoms with E-state index in [1.807, 2.05) is 0 Å². The number of hydrogen-bond donors (Lipinski definition) is 0. The van der Waals surface area contributed by atoms with Crippen LogP contribution >= 0.6 is 0 Å². The van der Waals surface area contributed by atoms with E-state index in [9.17, 15) is 9.59 Å². The maximum atomic E-state index is 11.6. The predicted octanol–water partition coefficient (Wildman–Crippen LogP) is 1.72. The first kappa shape index (κ1) is 13.3. The molecule has 2 rings (SSSR count). The number of ether oxygens (including phenoxy) is 3. The van der Waals surface area contributed by atoms with Gasteiger partial charge in [0.05, 0.1) is 12.2 Å². The van der Waals surface area contributed by atoms with Gasteiger partial charge in [-0.2, -0.15) is 0 Å². The van der Waals surface area contributed by atoms with Crippen molar-refractivity contribution in [2.45, 2.75) is 13.0 Å². The number of esters is 2. The summed E-state index contributed by atoms with van der Waals surface area (Å²) >= 11 is 0. The molecule has 0 saturated carbocycles. The largest absolute Gasteiger partial charge is 0.459 e. The van der Waals surface area contributed by atoms with Gasteiger partial charge in [-0.1, -0.05) is 6.58 Å². The molecule has 0 aliphatic carbocycles. The van der Waals surface area contributed by atoms with Crippen molar-refractivity contribution in [3.63, 3.8) is 0 Å². The summed E-state index contributed by atoms with van der Waals surface area (Å²) in [7, 11) is 0. The van der Waals surface area contributed by atoms with Crippen molar-refractivity contribution >= 4 is 11.9 Å². The number of rotatable bonds is 5. The van der Waals surface area contributed by atoms with E-state index in [1.165, 1.54) is 24.3 Å². The fraction of sp³-hybridized carbons (Fsp3) is 0.286. The Balaban J connectivity index is 1.91. The highest BCUT2D eigenvalue weighted by molar-refractivity contribution is 5.90. The van der Waals surface area contributed by atoms with Gasteiger partial charge in [-0.25, -0.2) is 9.59 Å².